The van der Waals surface area contributed by atoms with E-state index < -0.39 is 13.4 Å². The Kier molecular flexibility index (Phi) is 47.4. The van der Waals surface area contributed by atoms with Crippen LogP contribution in [0.25, 0.3) is 0 Å². The van der Waals surface area contributed by atoms with Crippen molar-refractivity contribution in [2.24, 2.45) is 0 Å². The maximum absolute atomic E-state index is 8.26. The Hall–Kier alpha value is 1.55. The first-order valence-corrected chi connectivity index (χ1v) is 15.3. The van der Waals surface area contributed by atoms with Crippen molar-refractivity contribution >= 4 is 37.1 Å². The van der Waals surface area contributed by atoms with Crippen LogP contribution in [0.15, 0.2) is 0 Å². The fourth-order valence-corrected chi connectivity index (χ4v) is 1.56. The van der Waals surface area contributed by atoms with Gasteiger partial charge in [-0.2, -0.15) is 12.8 Å². The van der Waals surface area contributed by atoms with E-state index in [1.165, 1.54) is 64.2 Å². The summed E-state index contributed by atoms with van der Waals surface area (Å²) in [4.78, 5) is 45.3. The van der Waals surface area contributed by atoms with E-state index >= 15 is 0 Å². The molecule has 0 aromatic rings. The third-order valence-corrected chi connectivity index (χ3v) is 2.71. The van der Waals surface area contributed by atoms with Crippen LogP contribution in [-0.2, 0) is 46.8 Å². The predicted octanol–water partition coefficient (Wildman–Crippen LogP) is 4.62. The van der Waals surface area contributed by atoms with E-state index in [0.29, 0.717) is 19.8 Å². The Labute approximate surface area is 193 Å². The molecule has 12 heteroatoms. The average molecular weight is 567 g/mol. The molecular formula is C16H40MoO7P2S2-2. The van der Waals surface area contributed by atoms with E-state index in [4.69, 9.17) is 32.8 Å². The first-order valence-electron chi connectivity index (χ1n) is 9.15. The zero-order chi connectivity index (χ0) is 23.5. The molecule has 0 saturated heterocycles. The maximum atomic E-state index is 8.26. The molecule has 7 nitrogen and oxygen atoms in total. The molecule has 0 radical (unpaired) electrons. The van der Waals surface area contributed by atoms with Crippen molar-refractivity contribution in [1.82, 2.24) is 0 Å². The SMILES string of the molecule is OP(O)(O)=S.OP(O)(O)=S.[CH2-]CCCCCCC.[CH2-]CCCCCCC.[O]=[Mo]. The van der Waals surface area contributed by atoms with Gasteiger partial charge in [-0.05, 0) is 23.6 Å². The van der Waals surface area contributed by atoms with E-state index in [0.717, 1.165) is 12.8 Å². The van der Waals surface area contributed by atoms with Gasteiger partial charge in [0.2, 0.25) is 0 Å². The van der Waals surface area contributed by atoms with Gasteiger partial charge < -0.3 is 43.2 Å². The molecular weight excluding hydrogens is 526 g/mol. The Morgan fingerprint density at radius 2 is 0.786 bits per heavy atom. The van der Waals surface area contributed by atoms with Crippen LogP contribution in [0.3, 0.4) is 0 Å². The minimum absolute atomic E-state index is 0.700. The van der Waals surface area contributed by atoms with E-state index in [1.54, 1.807) is 0 Å². The molecule has 0 heterocycles. The van der Waals surface area contributed by atoms with Crippen molar-refractivity contribution in [3.8, 4) is 0 Å². The molecule has 0 unspecified atom stereocenters. The molecule has 0 aliphatic carbocycles. The summed E-state index contributed by atoms with van der Waals surface area (Å²) in [7, 11) is 0. The van der Waals surface area contributed by atoms with Crippen LogP contribution < -0.4 is 0 Å². The third-order valence-electron chi connectivity index (χ3n) is 2.71. The van der Waals surface area contributed by atoms with E-state index in [9.17, 15) is 0 Å². The van der Waals surface area contributed by atoms with Gasteiger partial charge in [-0.25, -0.2) is 0 Å². The van der Waals surface area contributed by atoms with Crippen molar-refractivity contribution in [3.05, 3.63) is 13.8 Å². The van der Waals surface area contributed by atoms with Crippen molar-refractivity contribution in [3.63, 3.8) is 0 Å². The summed E-state index contributed by atoms with van der Waals surface area (Å²) in [6.45, 7) is 4.44. The summed E-state index contributed by atoms with van der Waals surface area (Å²) in [5.41, 5.74) is 0. The van der Waals surface area contributed by atoms with Crippen LogP contribution in [0.5, 0.6) is 0 Å². The molecule has 28 heavy (non-hydrogen) atoms. The van der Waals surface area contributed by atoms with Gasteiger partial charge in [0.05, 0.1) is 0 Å². The Bertz CT molecular complexity index is 295. The summed E-state index contributed by atoms with van der Waals surface area (Å²) >= 11 is 7.91. The molecule has 0 fully saturated rings. The molecule has 0 spiro atoms. The first kappa shape index (κ1) is 40.0. The van der Waals surface area contributed by atoms with Gasteiger partial charge in [-0.3, -0.25) is 0 Å². The second-order valence-corrected chi connectivity index (χ2v) is 10.6. The topological polar surface area (TPSA) is 138 Å². The zero-order valence-electron chi connectivity index (χ0n) is 17.1. The molecule has 0 amide bonds. The Morgan fingerprint density at radius 3 is 0.929 bits per heavy atom. The van der Waals surface area contributed by atoms with Gasteiger partial charge in [0.15, 0.2) is 0 Å². The molecule has 0 atom stereocenters. The Balaban J connectivity index is -0.0000000833. The van der Waals surface area contributed by atoms with E-state index in [2.05, 4.69) is 51.3 Å². The summed E-state index contributed by atoms with van der Waals surface area (Å²) < 4.78 is 8.26. The molecule has 0 bridgehead atoms. The van der Waals surface area contributed by atoms with Gasteiger partial charge in [-0.1, -0.05) is 78.1 Å². The third kappa shape index (κ3) is 146. The van der Waals surface area contributed by atoms with Gasteiger partial charge in [0, 0.05) is 0 Å². The summed E-state index contributed by atoms with van der Waals surface area (Å²) in [6, 6.07) is 0. The van der Waals surface area contributed by atoms with Gasteiger partial charge in [0.25, 0.3) is 0 Å². The zero-order valence-corrected chi connectivity index (χ0v) is 22.5. The fraction of sp³-hybridized carbons (Fsp3) is 0.875. The predicted molar refractivity (Wildman–Crippen MR) is 120 cm³/mol. The second kappa shape index (κ2) is 33.2. The van der Waals surface area contributed by atoms with Crippen LogP contribution in [0.4, 0.5) is 0 Å². The van der Waals surface area contributed by atoms with Crippen LogP contribution in [0, 0.1) is 13.8 Å². The quantitative estimate of drug-likeness (QED) is 0.0968. The standard InChI is InChI=1S/2C8H17.Mo.2H3O3PS.O/c2*1-3-5-7-8-6-4-2;;2*1-4(2,3)5;/h2*1,3-8H2,2H3;;2*(H3,1,2,3,5);/q2*-1;;;;. The molecule has 0 aromatic heterocycles. The van der Waals surface area contributed by atoms with Gasteiger partial charge >= 0.3 is 36.6 Å². The molecule has 0 aliphatic rings. The normalized spacial score (nSPS) is 9.93. The fourth-order valence-electron chi connectivity index (χ4n) is 1.56. The van der Waals surface area contributed by atoms with Crippen molar-refractivity contribution in [1.29, 1.82) is 0 Å². The molecule has 0 saturated carbocycles. The minimum atomic E-state index is -3.81. The number of rotatable bonds is 10. The van der Waals surface area contributed by atoms with E-state index in [1.807, 2.05) is 0 Å². The molecule has 6 N–H and O–H groups in total. The first-order chi connectivity index (χ1) is 12.8. The number of unbranched alkanes of at least 4 members (excludes halogenated alkanes) is 10. The molecule has 176 valence electrons. The Morgan fingerprint density at radius 1 is 0.607 bits per heavy atom. The molecule has 0 aromatic carbocycles. The van der Waals surface area contributed by atoms with Crippen molar-refractivity contribution < 1.29 is 52.5 Å². The summed E-state index contributed by atoms with van der Waals surface area (Å²) in [6.07, 6.45) is 16.0. The second-order valence-electron chi connectivity index (χ2n) is 5.56. The molecule has 0 rings (SSSR count). The summed E-state index contributed by atoms with van der Waals surface area (Å²) in [5.74, 6) is 0. The van der Waals surface area contributed by atoms with Crippen LogP contribution in [0.1, 0.15) is 90.9 Å². The van der Waals surface area contributed by atoms with Crippen molar-refractivity contribution in [2.45, 2.75) is 90.9 Å². The average Bonchev–Trinajstić information content (AvgIpc) is 2.55. The van der Waals surface area contributed by atoms with Crippen LogP contribution in [0.2, 0.25) is 0 Å². The monoisotopic (exact) mass is 568 g/mol. The van der Waals surface area contributed by atoms with Crippen molar-refractivity contribution in [2.75, 3.05) is 0 Å². The van der Waals surface area contributed by atoms with Gasteiger partial charge in [-0.15, -0.1) is 0 Å². The number of hydrogen-bond acceptors (Lipinski definition) is 3. The van der Waals surface area contributed by atoms with Crippen LogP contribution in [-0.4, -0.2) is 29.4 Å². The summed E-state index contributed by atoms with van der Waals surface area (Å²) in [5, 5.41) is 0. The van der Waals surface area contributed by atoms with Crippen LogP contribution >= 0.6 is 13.4 Å². The van der Waals surface area contributed by atoms with E-state index in [-0.39, 0.29) is 0 Å². The number of hydrogen-bond donors (Lipinski definition) is 6. The van der Waals surface area contributed by atoms with Gasteiger partial charge in [0.1, 0.15) is 0 Å². The molecule has 0 aliphatic heterocycles.